The van der Waals surface area contributed by atoms with Crippen LogP contribution < -0.4 is 15.4 Å². The molecule has 1 saturated heterocycles. The minimum absolute atomic E-state index is 0.113. The highest BCUT2D eigenvalue weighted by Crippen LogP contribution is 2.34. The molecule has 0 aromatic heterocycles. The third kappa shape index (κ3) is 6.09. The summed E-state index contributed by atoms with van der Waals surface area (Å²) in [4.78, 5) is 15.0. The fourth-order valence-corrected chi connectivity index (χ4v) is 3.76. The number of hydrogen-bond donors (Lipinski definition) is 2. The van der Waals surface area contributed by atoms with Gasteiger partial charge in [0.2, 0.25) is 5.91 Å². The van der Waals surface area contributed by atoms with Crippen LogP contribution in [-0.2, 0) is 4.79 Å². The molecule has 2 atom stereocenters. The maximum Gasteiger partial charge on any atom is 0.225 e. The smallest absolute Gasteiger partial charge is 0.225 e. The van der Waals surface area contributed by atoms with E-state index in [0.29, 0.717) is 12.5 Å². The van der Waals surface area contributed by atoms with Gasteiger partial charge in [0.05, 0.1) is 13.0 Å². The summed E-state index contributed by atoms with van der Waals surface area (Å²) < 4.78 is 5.26. The minimum atomic E-state index is -0.113. The summed E-state index contributed by atoms with van der Waals surface area (Å²) in [6.45, 7) is 10.6. The van der Waals surface area contributed by atoms with Gasteiger partial charge in [0.15, 0.2) is 5.11 Å². The first-order valence-corrected chi connectivity index (χ1v) is 10.2. The van der Waals surface area contributed by atoms with Crippen LogP contribution in [0, 0.1) is 11.8 Å². The maximum atomic E-state index is 12.9. The second-order valence-corrected chi connectivity index (χ2v) is 8.36. The standard InChI is InChI=1S/C21H33N3O2S/c1-14(2)10-11-22-20(25)19-13-24(21(27)23-15(3)4)12-18(19)16-6-8-17(26-5)9-7-16/h6-9,14-15,18-19H,10-13H2,1-5H3,(H,22,25)(H,23,27). The minimum Gasteiger partial charge on any atom is -0.497 e. The SMILES string of the molecule is COc1ccc(C2CN(C(=S)NC(C)C)CC2C(=O)NCCC(C)C)cc1. The lowest BCUT2D eigenvalue weighted by Gasteiger charge is -2.22. The monoisotopic (exact) mass is 391 g/mol. The molecule has 0 spiro atoms. The van der Waals surface area contributed by atoms with Crippen molar-refractivity contribution in [2.24, 2.45) is 11.8 Å². The van der Waals surface area contributed by atoms with Crippen molar-refractivity contribution in [3.63, 3.8) is 0 Å². The van der Waals surface area contributed by atoms with Crippen LogP contribution in [0.5, 0.6) is 5.75 Å². The third-order valence-electron chi connectivity index (χ3n) is 4.92. The van der Waals surface area contributed by atoms with E-state index in [0.717, 1.165) is 35.9 Å². The average molecular weight is 392 g/mol. The predicted molar refractivity (Wildman–Crippen MR) is 114 cm³/mol. The molecule has 1 aliphatic heterocycles. The Morgan fingerprint density at radius 3 is 2.44 bits per heavy atom. The molecule has 0 aliphatic carbocycles. The summed E-state index contributed by atoms with van der Waals surface area (Å²) in [6, 6.07) is 8.30. The molecular weight excluding hydrogens is 358 g/mol. The fraction of sp³-hybridized carbons (Fsp3) is 0.619. The van der Waals surface area contributed by atoms with Crippen molar-refractivity contribution in [2.75, 3.05) is 26.7 Å². The zero-order chi connectivity index (χ0) is 20.0. The number of carbonyl (C=O) groups is 1. The van der Waals surface area contributed by atoms with Crippen LogP contribution in [0.2, 0.25) is 0 Å². The van der Waals surface area contributed by atoms with Crippen LogP contribution in [0.4, 0.5) is 0 Å². The van der Waals surface area contributed by atoms with Crippen LogP contribution in [0.3, 0.4) is 0 Å². The van der Waals surface area contributed by atoms with E-state index < -0.39 is 0 Å². The number of nitrogens with zero attached hydrogens (tertiary/aromatic N) is 1. The van der Waals surface area contributed by atoms with E-state index in [1.165, 1.54) is 0 Å². The molecule has 1 heterocycles. The van der Waals surface area contributed by atoms with Crippen molar-refractivity contribution in [3.05, 3.63) is 29.8 Å². The molecule has 0 saturated carbocycles. The second kappa shape index (κ2) is 9.93. The summed E-state index contributed by atoms with van der Waals surface area (Å²) in [5, 5.41) is 7.15. The Kier molecular flexibility index (Phi) is 7.90. The highest BCUT2D eigenvalue weighted by molar-refractivity contribution is 7.80. The van der Waals surface area contributed by atoms with Crippen molar-refractivity contribution in [2.45, 2.75) is 46.1 Å². The zero-order valence-electron chi connectivity index (χ0n) is 17.1. The van der Waals surface area contributed by atoms with Gasteiger partial charge in [-0.25, -0.2) is 0 Å². The van der Waals surface area contributed by atoms with Crippen molar-refractivity contribution >= 4 is 23.2 Å². The number of amides is 1. The molecule has 2 rings (SSSR count). The molecule has 27 heavy (non-hydrogen) atoms. The van der Waals surface area contributed by atoms with Gasteiger partial charge in [0, 0.05) is 31.6 Å². The number of benzene rings is 1. The molecule has 0 radical (unpaired) electrons. The Hall–Kier alpha value is -1.82. The van der Waals surface area contributed by atoms with Gasteiger partial charge >= 0.3 is 0 Å². The number of rotatable bonds is 7. The van der Waals surface area contributed by atoms with Gasteiger partial charge < -0.3 is 20.3 Å². The molecule has 1 aliphatic rings. The van der Waals surface area contributed by atoms with E-state index in [4.69, 9.17) is 17.0 Å². The van der Waals surface area contributed by atoms with Crippen LogP contribution in [0.25, 0.3) is 0 Å². The van der Waals surface area contributed by atoms with Gasteiger partial charge in [0.1, 0.15) is 5.75 Å². The lowest BCUT2D eigenvalue weighted by molar-refractivity contribution is -0.124. The summed E-state index contributed by atoms with van der Waals surface area (Å²) in [5.74, 6) is 1.51. The number of hydrogen-bond acceptors (Lipinski definition) is 3. The molecule has 6 heteroatoms. The van der Waals surface area contributed by atoms with E-state index in [-0.39, 0.29) is 23.8 Å². The average Bonchev–Trinajstić information content (AvgIpc) is 3.06. The topological polar surface area (TPSA) is 53.6 Å². The first-order valence-electron chi connectivity index (χ1n) is 9.79. The van der Waals surface area contributed by atoms with Crippen molar-refractivity contribution < 1.29 is 9.53 Å². The van der Waals surface area contributed by atoms with E-state index in [2.05, 4.69) is 55.4 Å². The number of likely N-dealkylation sites (tertiary alicyclic amines) is 1. The van der Waals surface area contributed by atoms with Crippen LogP contribution in [0.15, 0.2) is 24.3 Å². The number of thiocarbonyl (C=S) groups is 1. The molecule has 2 unspecified atom stereocenters. The summed E-state index contributed by atoms with van der Waals surface area (Å²) >= 11 is 5.56. The molecular formula is C21H33N3O2S. The number of carbonyl (C=O) groups excluding carboxylic acids is 1. The van der Waals surface area contributed by atoms with Crippen molar-refractivity contribution in [1.82, 2.24) is 15.5 Å². The van der Waals surface area contributed by atoms with Gasteiger partial charge in [-0.1, -0.05) is 26.0 Å². The Bertz CT molecular complexity index is 631. The molecule has 1 aromatic carbocycles. The van der Waals surface area contributed by atoms with E-state index in [1.54, 1.807) is 7.11 Å². The van der Waals surface area contributed by atoms with Gasteiger partial charge in [0.25, 0.3) is 0 Å². The molecule has 150 valence electrons. The zero-order valence-corrected chi connectivity index (χ0v) is 17.9. The number of methoxy groups -OCH3 is 1. The van der Waals surface area contributed by atoms with Crippen LogP contribution >= 0.6 is 12.2 Å². The Labute approximate surface area is 168 Å². The van der Waals surface area contributed by atoms with E-state index >= 15 is 0 Å². The van der Waals surface area contributed by atoms with Crippen LogP contribution in [0.1, 0.15) is 45.6 Å². The first-order chi connectivity index (χ1) is 12.8. The molecule has 5 nitrogen and oxygen atoms in total. The highest BCUT2D eigenvalue weighted by atomic mass is 32.1. The van der Waals surface area contributed by atoms with Crippen molar-refractivity contribution in [1.29, 1.82) is 0 Å². The first kappa shape index (κ1) is 21.5. The number of nitrogens with one attached hydrogen (secondary N) is 2. The second-order valence-electron chi connectivity index (χ2n) is 7.97. The van der Waals surface area contributed by atoms with Crippen LogP contribution in [-0.4, -0.2) is 48.7 Å². The third-order valence-corrected chi connectivity index (χ3v) is 5.30. The number of ether oxygens (including phenoxy) is 1. The van der Waals surface area contributed by atoms with Gasteiger partial charge in [-0.15, -0.1) is 0 Å². The normalized spacial score (nSPS) is 19.4. The summed E-state index contributed by atoms with van der Waals surface area (Å²) in [7, 11) is 1.66. The molecule has 1 aromatic rings. The Morgan fingerprint density at radius 2 is 1.89 bits per heavy atom. The van der Waals surface area contributed by atoms with Gasteiger partial charge in [-0.05, 0) is 56.1 Å². The largest absolute Gasteiger partial charge is 0.497 e. The quantitative estimate of drug-likeness (QED) is 0.700. The molecule has 2 N–H and O–H groups in total. The lowest BCUT2D eigenvalue weighted by atomic mass is 9.88. The molecule has 1 amide bonds. The molecule has 1 fully saturated rings. The van der Waals surface area contributed by atoms with Gasteiger partial charge in [-0.2, -0.15) is 0 Å². The summed E-state index contributed by atoms with van der Waals surface area (Å²) in [6.07, 6.45) is 0.989. The van der Waals surface area contributed by atoms with E-state index in [9.17, 15) is 4.79 Å². The van der Waals surface area contributed by atoms with E-state index in [1.807, 2.05) is 12.1 Å². The summed E-state index contributed by atoms with van der Waals surface area (Å²) in [5.41, 5.74) is 1.15. The lowest BCUT2D eigenvalue weighted by Crippen LogP contribution is -2.42. The Morgan fingerprint density at radius 1 is 1.22 bits per heavy atom. The fourth-order valence-electron chi connectivity index (χ4n) is 3.38. The Balaban J connectivity index is 2.14. The van der Waals surface area contributed by atoms with Crippen molar-refractivity contribution in [3.8, 4) is 5.75 Å². The van der Waals surface area contributed by atoms with Gasteiger partial charge in [-0.3, -0.25) is 4.79 Å². The highest BCUT2D eigenvalue weighted by Gasteiger charge is 2.39. The molecule has 0 bridgehead atoms. The maximum absolute atomic E-state index is 12.9. The predicted octanol–water partition coefficient (Wildman–Crippen LogP) is 3.16.